The molecule has 0 radical (unpaired) electrons. The third-order valence-corrected chi connectivity index (χ3v) is 3.15. The number of carboxylic acid groups (broad SMARTS) is 1. The number of nitrogens with zero attached hydrogens (tertiary/aromatic N) is 1. The van der Waals surface area contributed by atoms with Crippen molar-refractivity contribution in [1.29, 1.82) is 0 Å². The topological polar surface area (TPSA) is 57.6 Å². The van der Waals surface area contributed by atoms with Crippen LogP contribution in [0.4, 0.5) is 18.9 Å². The normalized spacial score (nSPS) is 22.2. The number of benzene rings is 1. The SMILES string of the molecule is CC1C(C(=O)O)c2ccccc2N1C(=O)C(F)(F)F. The standard InChI is InChI=1S/C12H10F3NO3/c1-6-9(10(17)18)7-4-2-3-5-8(7)16(6)11(19)12(13,14)15/h2-6,9H,1H3,(H,17,18). The Hall–Kier alpha value is -2.05. The summed E-state index contributed by atoms with van der Waals surface area (Å²) in [6.45, 7) is 1.29. The number of anilines is 1. The van der Waals surface area contributed by atoms with Gasteiger partial charge in [-0.1, -0.05) is 18.2 Å². The Morgan fingerprint density at radius 1 is 1.26 bits per heavy atom. The van der Waals surface area contributed by atoms with E-state index in [9.17, 15) is 22.8 Å². The first-order valence-electron chi connectivity index (χ1n) is 5.47. The molecule has 2 atom stereocenters. The van der Waals surface area contributed by atoms with E-state index in [-0.39, 0.29) is 11.3 Å². The van der Waals surface area contributed by atoms with Crippen molar-refractivity contribution >= 4 is 17.6 Å². The molecule has 1 N–H and O–H groups in total. The van der Waals surface area contributed by atoms with Gasteiger partial charge in [0, 0.05) is 5.69 Å². The number of hydrogen-bond donors (Lipinski definition) is 1. The zero-order chi connectivity index (χ0) is 14.4. The van der Waals surface area contributed by atoms with Crippen molar-refractivity contribution in [2.75, 3.05) is 4.90 Å². The molecule has 1 aromatic carbocycles. The Morgan fingerprint density at radius 3 is 2.37 bits per heavy atom. The lowest BCUT2D eigenvalue weighted by molar-refractivity contribution is -0.170. The zero-order valence-corrected chi connectivity index (χ0v) is 9.81. The molecule has 0 spiro atoms. The van der Waals surface area contributed by atoms with E-state index in [0.29, 0.717) is 4.90 Å². The number of rotatable bonds is 1. The summed E-state index contributed by atoms with van der Waals surface area (Å²) >= 11 is 0. The predicted octanol–water partition coefficient (Wildman–Crippen LogP) is 2.15. The van der Waals surface area contributed by atoms with Gasteiger partial charge in [0.05, 0.1) is 6.04 Å². The maximum atomic E-state index is 12.6. The molecular weight excluding hydrogens is 263 g/mol. The number of halogens is 3. The molecule has 1 aliphatic rings. The molecule has 0 saturated carbocycles. The number of amides is 1. The van der Waals surface area contributed by atoms with E-state index in [1.807, 2.05) is 0 Å². The van der Waals surface area contributed by atoms with Gasteiger partial charge in [-0.15, -0.1) is 0 Å². The largest absolute Gasteiger partial charge is 0.481 e. The molecule has 1 aliphatic heterocycles. The summed E-state index contributed by atoms with van der Waals surface area (Å²) in [6.07, 6.45) is -5.03. The third kappa shape index (κ3) is 2.05. The van der Waals surface area contributed by atoms with Gasteiger partial charge in [-0.2, -0.15) is 13.2 Å². The highest BCUT2D eigenvalue weighted by Gasteiger charge is 2.51. The second kappa shape index (κ2) is 4.25. The van der Waals surface area contributed by atoms with Gasteiger partial charge in [-0.05, 0) is 18.6 Å². The van der Waals surface area contributed by atoms with Crippen LogP contribution in [-0.2, 0) is 9.59 Å². The molecule has 1 heterocycles. The second-order valence-electron chi connectivity index (χ2n) is 4.29. The molecule has 0 aliphatic carbocycles. The van der Waals surface area contributed by atoms with Gasteiger partial charge in [0.25, 0.3) is 0 Å². The van der Waals surface area contributed by atoms with Crippen LogP contribution in [0.1, 0.15) is 18.4 Å². The van der Waals surface area contributed by atoms with Crippen molar-refractivity contribution in [3.63, 3.8) is 0 Å². The van der Waals surface area contributed by atoms with Crippen LogP contribution in [0.3, 0.4) is 0 Å². The number of carboxylic acids is 1. The molecule has 7 heteroatoms. The van der Waals surface area contributed by atoms with Gasteiger partial charge in [0.1, 0.15) is 5.92 Å². The second-order valence-corrected chi connectivity index (χ2v) is 4.29. The molecule has 102 valence electrons. The zero-order valence-electron chi connectivity index (χ0n) is 9.81. The Morgan fingerprint density at radius 2 is 1.84 bits per heavy atom. The highest BCUT2D eigenvalue weighted by Crippen LogP contribution is 2.42. The maximum Gasteiger partial charge on any atom is 0.471 e. The van der Waals surface area contributed by atoms with Crippen molar-refractivity contribution in [1.82, 2.24) is 0 Å². The minimum absolute atomic E-state index is 0.00438. The summed E-state index contributed by atoms with van der Waals surface area (Å²) in [5.41, 5.74) is 0.227. The predicted molar refractivity (Wildman–Crippen MR) is 59.8 cm³/mol. The van der Waals surface area contributed by atoms with Crippen LogP contribution in [0, 0.1) is 0 Å². The van der Waals surface area contributed by atoms with Gasteiger partial charge in [-0.25, -0.2) is 0 Å². The van der Waals surface area contributed by atoms with E-state index in [4.69, 9.17) is 5.11 Å². The lowest BCUT2D eigenvalue weighted by atomic mass is 9.96. The monoisotopic (exact) mass is 273 g/mol. The van der Waals surface area contributed by atoms with Gasteiger partial charge in [0.15, 0.2) is 0 Å². The minimum Gasteiger partial charge on any atom is -0.481 e. The fourth-order valence-electron chi connectivity index (χ4n) is 2.37. The quantitative estimate of drug-likeness (QED) is 0.853. The molecule has 0 fully saturated rings. The van der Waals surface area contributed by atoms with Crippen molar-refractivity contribution in [2.45, 2.75) is 25.1 Å². The molecular formula is C12H10F3NO3. The van der Waals surface area contributed by atoms with E-state index >= 15 is 0 Å². The smallest absolute Gasteiger partial charge is 0.471 e. The molecule has 0 aromatic heterocycles. The van der Waals surface area contributed by atoms with Crippen LogP contribution < -0.4 is 4.90 Å². The highest BCUT2D eigenvalue weighted by molar-refractivity contribution is 6.02. The lowest BCUT2D eigenvalue weighted by Crippen LogP contribution is -2.46. The van der Waals surface area contributed by atoms with Gasteiger partial charge in [-0.3, -0.25) is 9.59 Å². The van der Waals surface area contributed by atoms with Crippen LogP contribution in [0.5, 0.6) is 0 Å². The van der Waals surface area contributed by atoms with Crippen molar-refractivity contribution in [3.05, 3.63) is 29.8 Å². The minimum atomic E-state index is -5.03. The van der Waals surface area contributed by atoms with Crippen LogP contribution in [0.2, 0.25) is 0 Å². The Bertz CT molecular complexity index is 541. The van der Waals surface area contributed by atoms with Crippen LogP contribution in [0.25, 0.3) is 0 Å². The summed E-state index contributed by atoms with van der Waals surface area (Å²) in [5.74, 6) is -4.45. The number of hydrogen-bond acceptors (Lipinski definition) is 2. The number of aliphatic carboxylic acids is 1. The fourth-order valence-corrected chi connectivity index (χ4v) is 2.37. The van der Waals surface area contributed by atoms with E-state index in [1.165, 1.54) is 31.2 Å². The van der Waals surface area contributed by atoms with Crippen molar-refractivity contribution in [2.24, 2.45) is 0 Å². The third-order valence-electron chi connectivity index (χ3n) is 3.15. The van der Waals surface area contributed by atoms with Gasteiger partial charge >= 0.3 is 18.1 Å². The van der Waals surface area contributed by atoms with E-state index in [2.05, 4.69) is 0 Å². The molecule has 0 saturated heterocycles. The van der Waals surface area contributed by atoms with E-state index in [1.54, 1.807) is 0 Å². The Kier molecular flexibility index (Phi) is 3.00. The summed E-state index contributed by atoms with van der Waals surface area (Å²) in [4.78, 5) is 23.1. The first-order valence-corrected chi connectivity index (χ1v) is 5.47. The van der Waals surface area contributed by atoms with Crippen molar-refractivity contribution in [3.8, 4) is 0 Å². The van der Waals surface area contributed by atoms with Crippen molar-refractivity contribution < 1.29 is 27.9 Å². The van der Waals surface area contributed by atoms with Gasteiger partial charge < -0.3 is 10.0 Å². The molecule has 2 unspecified atom stereocenters. The molecule has 19 heavy (non-hydrogen) atoms. The molecule has 1 amide bonds. The summed E-state index contributed by atoms with van der Waals surface area (Å²) < 4.78 is 37.7. The van der Waals surface area contributed by atoms with Crippen LogP contribution in [0.15, 0.2) is 24.3 Å². The first-order chi connectivity index (χ1) is 8.75. The van der Waals surface area contributed by atoms with Crippen LogP contribution >= 0.6 is 0 Å². The number of para-hydroxylation sites is 1. The van der Waals surface area contributed by atoms with Gasteiger partial charge in [0.2, 0.25) is 0 Å². The average Bonchev–Trinajstić information content (AvgIpc) is 2.58. The number of alkyl halides is 3. The fraction of sp³-hybridized carbons (Fsp3) is 0.333. The molecule has 0 bridgehead atoms. The average molecular weight is 273 g/mol. The Balaban J connectivity index is 2.53. The van der Waals surface area contributed by atoms with Crippen LogP contribution in [-0.4, -0.2) is 29.2 Å². The maximum absolute atomic E-state index is 12.6. The summed E-state index contributed by atoms with van der Waals surface area (Å²) in [5, 5.41) is 9.11. The highest BCUT2D eigenvalue weighted by atomic mass is 19.4. The number of fused-ring (bicyclic) bond motifs is 1. The Labute approximate surface area is 106 Å². The van der Waals surface area contributed by atoms with E-state index in [0.717, 1.165) is 0 Å². The number of carbonyl (C=O) groups is 2. The lowest BCUT2D eigenvalue weighted by Gasteiger charge is -2.24. The number of carbonyl (C=O) groups excluding carboxylic acids is 1. The molecule has 4 nitrogen and oxygen atoms in total. The molecule has 1 aromatic rings. The summed E-state index contributed by atoms with van der Waals surface area (Å²) in [6, 6.07) is 4.66. The first kappa shape index (κ1) is 13.4. The van der Waals surface area contributed by atoms with E-state index < -0.39 is 30.0 Å². The summed E-state index contributed by atoms with van der Waals surface area (Å²) in [7, 11) is 0. The molecule has 2 rings (SSSR count).